The summed E-state index contributed by atoms with van der Waals surface area (Å²) in [5, 5.41) is 3.33. The van der Waals surface area contributed by atoms with E-state index < -0.39 is 11.6 Å². The highest BCUT2D eigenvalue weighted by Crippen LogP contribution is 2.35. The predicted octanol–water partition coefficient (Wildman–Crippen LogP) is 3.04. The van der Waals surface area contributed by atoms with Crippen LogP contribution in [-0.4, -0.2) is 19.2 Å². The molecule has 18 heavy (non-hydrogen) atoms. The van der Waals surface area contributed by atoms with E-state index in [-0.39, 0.29) is 12.0 Å². The fourth-order valence-corrected chi connectivity index (χ4v) is 2.31. The molecule has 4 heteroatoms. The van der Waals surface area contributed by atoms with Crippen molar-refractivity contribution in [3.05, 3.63) is 35.4 Å². The molecule has 1 aliphatic rings. The van der Waals surface area contributed by atoms with Gasteiger partial charge in [0.05, 0.1) is 6.10 Å². The zero-order valence-corrected chi connectivity index (χ0v) is 10.7. The lowest BCUT2D eigenvalue weighted by Gasteiger charge is -2.21. The predicted molar refractivity (Wildman–Crippen MR) is 66.3 cm³/mol. The molecule has 0 bridgehead atoms. The van der Waals surface area contributed by atoms with Gasteiger partial charge >= 0.3 is 0 Å². The Balaban J connectivity index is 2.13. The molecular weight excluding hydrogens is 236 g/mol. The highest BCUT2D eigenvalue weighted by atomic mass is 19.1. The number of rotatable bonds is 4. The van der Waals surface area contributed by atoms with Crippen molar-refractivity contribution in [2.24, 2.45) is 5.92 Å². The molecule has 1 heterocycles. The first-order valence-corrected chi connectivity index (χ1v) is 6.38. The van der Waals surface area contributed by atoms with Crippen molar-refractivity contribution in [1.82, 2.24) is 5.32 Å². The van der Waals surface area contributed by atoms with E-state index in [9.17, 15) is 8.78 Å². The molecule has 2 unspecified atom stereocenters. The Morgan fingerprint density at radius 1 is 1.39 bits per heavy atom. The highest BCUT2D eigenvalue weighted by molar-refractivity contribution is 5.22. The first-order chi connectivity index (χ1) is 8.58. The fraction of sp³-hybridized carbons (Fsp3) is 0.571. The van der Waals surface area contributed by atoms with Gasteiger partial charge in [-0.25, -0.2) is 8.78 Å². The minimum absolute atomic E-state index is 0.198. The number of nitrogens with one attached hydrogen (secondary N) is 1. The van der Waals surface area contributed by atoms with Crippen LogP contribution < -0.4 is 5.32 Å². The summed E-state index contributed by atoms with van der Waals surface area (Å²) in [6.07, 6.45) is 0.535. The average Bonchev–Trinajstić information content (AvgIpc) is 2.77. The molecule has 2 atom stereocenters. The molecule has 0 saturated carbocycles. The van der Waals surface area contributed by atoms with Crippen LogP contribution in [0.25, 0.3) is 0 Å². The summed E-state index contributed by atoms with van der Waals surface area (Å²) < 4.78 is 32.5. The molecule has 1 aromatic carbocycles. The maximum Gasteiger partial charge on any atom is 0.129 e. The van der Waals surface area contributed by atoms with Crippen molar-refractivity contribution < 1.29 is 13.5 Å². The number of halogens is 2. The van der Waals surface area contributed by atoms with E-state index in [1.165, 1.54) is 12.1 Å². The molecule has 2 nitrogen and oxygen atoms in total. The van der Waals surface area contributed by atoms with Crippen LogP contribution in [0.5, 0.6) is 0 Å². The van der Waals surface area contributed by atoms with Gasteiger partial charge in [-0.2, -0.15) is 0 Å². The molecule has 100 valence electrons. The van der Waals surface area contributed by atoms with Gasteiger partial charge < -0.3 is 10.1 Å². The smallest absolute Gasteiger partial charge is 0.129 e. The normalized spacial score (nSPS) is 23.8. The van der Waals surface area contributed by atoms with Crippen LogP contribution in [0.3, 0.4) is 0 Å². The number of benzene rings is 1. The zero-order chi connectivity index (χ0) is 13.1. The molecule has 2 rings (SSSR count). The lowest BCUT2D eigenvalue weighted by atomic mass is 9.94. The summed E-state index contributed by atoms with van der Waals surface area (Å²) in [5.41, 5.74) is 0.336. The second-order valence-electron chi connectivity index (χ2n) is 5.07. The topological polar surface area (TPSA) is 21.3 Å². The van der Waals surface area contributed by atoms with E-state index in [4.69, 9.17) is 4.74 Å². The molecule has 0 amide bonds. The first kappa shape index (κ1) is 13.4. The van der Waals surface area contributed by atoms with Gasteiger partial charge in [0.25, 0.3) is 0 Å². The van der Waals surface area contributed by atoms with Gasteiger partial charge in [0.2, 0.25) is 0 Å². The number of hydrogen-bond acceptors (Lipinski definition) is 2. The Labute approximate surface area is 106 Å². The van der Waals surface area contributed by atoms with Gasteiger partial charge in [-0.1, -0.05) is 13.8 Å². The van der Waals surface area contributed by atoms with Crippen molar-refractivity contribution in [2.45, 2.75) is 32.4 Å². The largest absolute Gasteiger partial charge is 0.373 e. The van der Waals surface area contributed by atoms with Crippen LogP contribution in [0.1, 0.15) is 31.9 Å². The molecule has 1 aliphatic heterocycles. The number of ether oxygens (including phenoxy) is 1. The van der Waals surface area contributed by atoms with E-state index in [2.05, 4.69) is 19.2 Å². The monoisotopic (exact) mass is 255 g/mol. The van der Waals surface area contributed by atoms with Gasteiger partial charge in [-0.3, -0.25) is 0 Å². The standard InChI is InChI=1S/C14H19F2NO/c1-9(2)17-8-10-5-6-18-14(10)12-7-11(15)3-4-13(12)16/h3-4,7,9-10,14,17H,5-6,8H2,1-2H3. The second kappa shape index (κ2) is 5.76. The highest BCUT2D eigenvalue weighted by Gasteiger charge is 2.31. The molecule has 1 N–H and O–H groups in total. The molecule has 0 radical (unpaired) electrons. The van der Waals surface area contributed by atoms with Crippen LogP contribution in [-0.2, 0) is 4.74 Å². The lowest BCUT2D eigenvalue weighted by Crippen LogP contribution is -2.30. The van der Waals surface area contributed by atoms with Crippen molar-refractivity contribution in [1.29, 1.82) is 0 Å². The minimum Gasteiger partial charge on any atom is -0.373 e. The molecule has 0 aliphatic carbocycles. The molecule has 0 spiro atoms. The summed E-state index contributed by atoms with van der Waals surface area (Å²) in [7, 11) is 0. The first-order valence-electron chi connectivity index (χ1n) is 6.38. The SMILES string of the molecule is CC(C)NCC1CCOC1c1cc(F)ccc1F. The Morgan fingerprint density at radius 3 is 2.89 bits per heavy atom. The van der Waals surface area contributed by atoms with E-state index in [1.54, 1.807) is 0 Å². The van der Waals surface area contributed by atoms with E-state index in [0.717, 1.165) is 19.0 Å². The van der Waals surface area contributed by atoms with Gasteiger partial charge in [0, 0.05) is 30.7 Å². The molecule has 0 aromatic heterocycles. The van der Waals surface area contributed by atoms with Crippen molar-refractivity contribution >= 4 is 0 Å². The Kier molecular flexibility index (Phi) is 4.30. The van der Waals surface area contributed by atoms with Gasteiger partial charge in [-0.05, 0) is 24.6 Å². The van der Waals surface area contributed by atoms with Crippen molar-refractivity contribution in [3.8, 4) is 0 Å². The summed E-state index contributed by atoms with van der Waals surface area (Å²) >= 11 is 0. The Bertz CT molecular complexity index is 409. The van der Waals surface area contributed by atoms with Crippen LogP contribution in [0.2, 0.25) is 0 Å². The fourth-order valence-electron chi connectivity index (χ4n) is 2.31. The third-order valence-electron chi connectivity index (χ3n) is 3.27. The molecule has 1 aromatic rings. The maximum atomic E-state index is 13.7. The van der Waals surface area contributed by atoms with Crippen LogP contribution in [0.4, 0.5) is 8.78 Å². The van der Waals surface area contributed by atoms with E-state index in [1.807, 2.05) is 0 Å². The zero-order valence-electron chi connectivity index (χ0n) is 10.7. The number of hydrogen-bond donors (Lipinski definition) is 1. The van der Waals surface area contributed by atoms with Gasteiger partial charge in [0.15, 0.2) is 0 Å². The Hall–Kier alpha value is -1.00. The Morgan fingerprint density at radius 2 is 2.17 bits per heavy atom. The van der Waals surface area contributed by atoms with E-state index in [0.29, 0.717) is 18.2 Å². The van der Waals surface area contributed by atoms with E-state index >= 15 is 0 Å². The quantitative estimate of drug-likeness (QED) is 0.893. The van der Waals surface area contributed by atoms with Crippen LogP contribution >= 0.6 is 0 Å². The third kappa shape index (κ3) is 3.06. The maximum absolute atomic E-state index is 13.7. The van der Waals surface area contributed by atoms with Gasteiger partial charge in [-0.15, -0.1) is 0 Å². The molecule has 1 fully saturated rings. The van der Waals surface area contributed by atoms with Crippen LogP contribution in [0.15, 0.2) is 18.2 Å². The van der Waals surface area contributed by atoms with Crippen LogP contribution in [0, 0.1) is 17.6 Å². The summed E-state index contributed by atoms with van der Waals surface area (Å²) in [4.78, 5) is 0. The summed E-state index contributed by atoms with van der Waals surface area (Å²) in [6.45, 7) is 5.49. The second-order valence-corrected chi connectivity index (χ2v) is 5.07. The lowest BCUT2D eigenvalue weighted by molar-refractivity contribution is 0.0867. The van der Waals surface area contributed by atoms with Crippen molar-refractivity contribution in [2.75, 3.05) is 13.2 Å². The molecule has 1 saturated heterocycles. The summed E-state index contributed by atoms with van der Waals surface area (Å²) in [6, 6.07) is 3.92. The molecular formula is C14H19F2NO. The van der Waals surface area contributed by atoms with Crippen molar-refractivity contribution in [3.63, 3.8) is 0 Å². The summed E-state index contributed by atoms with van der Waals surface area (Å²) in [5.74, 6) is -0.612. The minimum atomic E-state index is -0.419. The van der Waals surface area contributed by atoms with Gasteiger partial charge in [0.1, 0.15) is 11.6 Å². The third-order valence-corrected chi connectivity index (χ3v) is 3.27. The average molecular weight is 255 g/mol.